The highest BCUT2D eigenvalue weighted by molar-refractivity contribution is 9.10. The highest BCUT2D eigenvalue weighted by atomic mass is 79.9. The fraction of sp³-hybridized carbons (Fsp3) is 0.125. The summed E-state index contributed by atoms with van der Waals surface area (Å²) in [5.41, 5.74) is 2.48. The molecule has 2 aromatic rings. The van der Waals surface area contributed by atoms with Crippen LogP contribution in [0.25, 0.3) is 6.08 Å². The van der Waals surface area contributed by atoms with Crippen molar-refractivity contribution in [3.05, 3.63) is 70.2 Å². The van der Waals surface area contributed by atoms with Gasteiger partial charge in [0.15, 0.2) is 0 Å². The second kappa shape index (κ2) is 6.41. The number of hydrogen-bond donors (Lipinski definition) is 0. The monoisotopic (exact) mass is 302 g/mol. The standard InChI is InChI=1S/C16H15BrO/c1-18-15-11-10-14(16(17)12-15)9-5-8-13-6-3-2-4-7-13/h2-8,10-12H,9H2,1H3/b8-5+. The van der Waals surface area contributed by atoms with Gasteiger partial charge in [-0.3, -0.25) is 0 Å². The van der Waals surface area contributed by atoms with E-state index in [0.717, 1.165) is 16.6 Å². The van der Waals surface area contributed by atoms with Crippen molar-refractivity contribution in [1.82, 2.24) is 0 Å². The van der Waals surface area contributed by atoms with Gasteiger partial charge < -0.3 is 4.74 Å². The van der Waals surface area contributed by atoms with Gasteiger partial charge in [-0.15, -0.1) is 0 Å². The van der Waals surface area contributed by atoms with Crippen molar-refractivity contribution in [2.45, 2.75) is 6.42 Å². The van der Waals surface area contributed by atoms with Gasteiger partial charge in [0, 0.05) is 4.47 Å². The molecule has 2 rings (SSSR count). The molecule has 0 atom stereocenters. The highest BCUT2D eigenvalue weighted by Crippen LogP contribution is 2.23. The molecule has 0 aliphatic heterocycles. The minimum Gasteiger partial charge on any atom is -0.497 e. The number of benzene rings is 2. The molecule has 0 unspecified atom stereocenters. The number of rotatable bonds is 4. The van der Waals surface area contributed by atoms with Crippen LogP contribution in [-0.4, -0.2) is 7.11 Å². The van der Waals surface area contributed by atoms with Crippen molar-refractivity contribution in [3.63, 3.8) is 0 Å². The zero-order chi connectivity index (χ0) is 12.8. The Morgan fingerprint density at radius 1 is 1.11 bits per heavy atom. The van der Waals surface area contributed by atoms with E-state index in [1.54, 1.807) is 7.11 Å². The molecule has 0 bridgehead atoms. The smallest absolute Gasteiger partial charge is 0.120 e. The van der Waals surface area contributed by atoms with E-state index in [4.69, 9.17) is 4.74 Å². The third-order valence-corrected chi connectivity index (χ3v) is 3.45. The zero-order valence-corrected chi connectivity index (χ0v) is 11.9. The fourth-order valence-corrected chi connectivity index (χ4v) is 2.23. The second-order valence-electron chi connectivity index (χ2n) is 3.97. The van der Waals surface area contributed by atoms with Crippen LogP contribution in [0.4, 0.5) is 0 Å². The zero-order valence-electron chi connectivity index (χ0n) is 10.3. The molecule has 0 amide bonds. The Morgan fingerprint density at radius 2 is 1.89 bits per heavy atom. The SMILES string of the molecule is COc1ccc(C/C=C/c2ccccc2)c(Br)c1. The maximum absolute atomic E-state index is 5.18. The lowest BCUT2D eigenvalue weighted by molar-refractivity contribution is 0.414. The van der Waals surface area contributed by atoms with Crippen LogP contribution in [0.5, 0.6) is 5.75 Å². The van der Waals surface area contributed by atoms with Gasteiger partial charge in [-0.05, 0) is 29.7 Å². The molecule has 2 aromatic carbocycles. The van der Waals surface area contributed by atoms with Crippen molar-refractivity contribution in [2.75, 3.05) is 7.11 Å². The predicted molar refractivity (Wildman–Crippen MR) is 79.9 cm³/mol. The summed E-state index contributed by atoms with van der Waals surface area (Å²) in [5.74, 6) is 0.873. The summed E-state index contributed by atoms with van der Waals surface area (Å²) in [6.45, 7) is 0. The van der Waals surface area contributed by atoms with Crippen molar-refractivity contribution < 1.29 is 4.74 Å². The molecule has 0 saturated heterocycles. The molecule has 0 heterocycles. The van der Waals surface area contributed by atoms with Crippen LogP contribution in [-0.2, 0) is 6.42 Å². The molecule has 0 aliphatic carbocycles. The predicted octanol–water partition coefficient (Wildman–Crippen LogP) is 4.71. The first kappa shape index (κ1) is 12.9. The van der Waals surface area contributed by atoms with E-state index in [0.29, 0.717) is 0 Å². The van der Waals surface area contributed by atoms with Crippen LogP contribution >= 0.6 is 15.9 Å². The number of methoxy groups -OCH3 is 1. The average Bonchev–Trinajstić information content (AvgIpc) is 2.42. The van der Waals surface area contributed by atoms with E-state index in [-0.39, 0.29) is 0 Å². The largest absolute Gasteiger partial charge is 0.497 e. The average molecular weight is 303 g/mol. The van der Waals surface area contributed by atoms with Crippen LogP contribution in [0, 0.1) is 0 Å². The van der Waals surface area contributed by atoms with E-state index in [1.807, 2.05) is 30.3 Å². The molecule has 0 saturated carbocycles. The van der Waals surface area contributed by atoms with Gasteiger partial charge in [0.25, 0.3) is 0 Å². The quantitative estimate of drug-likeness (QED) is 0.794. The van der Waals surface area contributed by atoms with E-state index in [2.05, 4.69) is 46.3 Å². The first-order valence-corrected chi connectivity index (χ1v) is 6.63. The molecule has 1 nitrogen and oxygen atoms in total. The molecule has 0 N–H and O–H groups in total. The third-order valence-electron chi connectivity index (χ3n) is 2.71. The summed E-state index contributed by atoms with van der Waals surface area (Å²) in [7, 11) is 1.68. The van der Waals surface area contributed by atoms with Crippen LogP contribution < -0.4 is 4.74 Å². The van der Waals surface area contributed by atoms with Gasteiger partial charge in [-0.2, -0.15) is 0 Å². The van der Waals surface area contributed by atoms with Crippen LogP contribution in [0.3, 0.4) is 0 Å². The van der Waals surface area contributed by atoms with Gasteiger partial charge in [-0.25, -0.2) is 0 Å². The molecule has 0 spiro atoms. The number of halogens is 1. The Balaban J connectivity index is 2.04. The summed E-state index contributed by atoms with van der Waals surface area (Å²) in [4.78, 5) is 0. The van der Waals surface area contributed by atoms with Crippen LogP contribution in [0.2, 0.25) is 0 Å². The van der Waals surface area contributed by atoms with Crippen molar-refractivity contribution >= 4 is 22.0 Å². The third kappa shape index (κ3) is 3.47. The molecular formula is C16H15BrO. The molecule has 0 fully saturated rings. The van der Waals surface area contributed by atoms with Gasteiger partial charge in [0.1, 0.15) is 5.75 Å². The molecule has 92 valence electrons. The van der Waals surface area contributed by atoms with Gasteiger partial charge in [0.05, 0.1) is 7.11 Å². The fourth-order valence-electron chi connectivity index (χ4n) is 1.71. The first-order valence-electron chi connectivity index (χ1n) is 5.83. The molecule has 0 aromatic heterocycles. The van der Waals surface area contributed by atoms with Gasteiger partial charge in [0.2, 0.25) is 0 Å². The Labute approximate surface area is 116 Å². The molecule has 18 heavy (non-hydrogen) atoms. The van der Waals surface area contributed by atoms with Crippen molar-refractivity contribution in [3.8, 4) is 5.75 Å². The molecule has 0 aliphatic rings. The van der Waals surface area contributed by atoms with E-state index >= 15 is 0 Å². The lowest BCUT2D eigenvalue weighted by Gasteiger charge is -2.04. The maximum atomic E-state index is 5.18. The van der Waals surface area contributed by atoms with Gasteiger partial charge >= 0.3 is 0 Å². The van der Waals surface area contributed by atoms with E-state index in [1.165, 1.54) is 11.1 Å². The first-order chi connectivity index (χ1) is 8.79. The normalized spacial score (nSPS) is 10.8. The van der Waals surface area contributed by atoms with E-state index < -0.39 is 0 Å². The van der Waals surface area contributed by atoms with Crippen molar-refractivity contribution in [2.24, 2.45) is 0 Å². The molecular weight excluding hydrogens is 288 g/mol. The summed E-state index contributed by atoms with van der Waals surface area (Å²) >= 11 is 3.56. The Hall–Kier alpha value is -1.54. The minimum absolute atomic E-state index is 0.873. The van der Waals surface area contributed by atoms with Crippen LogP contribution in [0.1, 0.15) is 11.1 Å². The lowest BCUT2D eigenvalue weighted by Crippen LogP contribution is -1.87. The number of allylic oxidation sites excluding steroid dienone is 1. The summed E-state index contributed by atoms with van der Waals surface area (Å²) in [5, 5.41) is 0. The summed E-state index contributed by atoms with van der Waals surface area (Å²) < 4.78 is 6.26. The Morgan fingerprint density at radius 3 is 2.56 bits per heavy atom. The Bertz CT molecular complexity index is 532. The van der Waals surface area contributed by atoms with Crippen molar-refractivity contribution in [1.29, 1.82) is 0 Å². The topological polar surface area (TPSA) is 9.23 Å². The number of ether oxygens (including phenoxy) is 1. The summed E-state index contributed by atoms with van der Waals surface area (Å²) in [6.07, 6.45) is 5.21. The second-order valence-corrected chi connectivity index (χ2v) is 4.83. The minimum atomic E-state index is 0.873. The number of hydrogen-bond acceptors (Lipinski definition) is 1. The lowest BCUT2D eigenvalue weighted by atomic mass is 10.1. The van der Waals surface area contributed by atoms with Crippen LogP contribution in [0.15, 0.2) is 59.1 Å². The maximum Gasteiger partial charge on any atom is 0.120 e. The van der Waals surface area contributed by atoms with E-state index in [9.17, 15) is 0 Å². The molecule has 2 heteroatoms. The molecule has 0 radical (unpaired) electrons. The highest BCUT2D eigenvalue weighted by Gasteiger charge is 1.99. The Kier molecular flexibility index (Phi) is 4.59. The van der Waals surface area contributed by atoms with Gasteiger partial charge in [-0.1, -0.05) is 64.5 Å². The summed E-state index contributed by atoms with van der Waals surface area (Å²) in [6, 6.07) is 16.4.